The standard InChI is InChI=1S/C9H10ClFO4S2/c1-6-3-8(11)7(5-17(10,14)15)4-9(6)16(2,12)13/h3-4H,5H2,1-2H3. The SMILES string of the molecule is Cc1cc(F)c(CS(=O)(=O)Cl)cc1S(C)(=O)=O. The van der Waals surface area contributed by atoms with Crippen molar-refractivity contribution in [3.05, 3.63) is 29.1 Å². The molecule has 0 heterocycles. The van der Waals surface area contributed by atoms with Crippen molar-refractivity contribution in [3.63, 3.8) is 0 Å². The quantitative estimate of drug-likeness (QED) is 0.628. The van der Waals surface area contributed by atoms with Gasteiger partial charge < -0.3 is 0 Å². The second kappa shape index (κ2) is 4.55. The predicted molar refractivity (Wildman–Crippen MR) is 62.7 cm³/mol. The van der Waals surface area contributed by atoms with E-state index in [1.807, 2.05) is 0 Å². The Morgan fingerprint density at radius 1 is 1.24 bits per heavy atom. The van der Waals surface area contributed by atoms with Crippen molar-refractivity contribution >= 4 is 29.6 Å². The maximum Gasteiger partial charge on any atom is 0.236 e. The molecule has 1 aromatic rings. The molecule has 96 valence electrons. The molecule has 0 aliphatic heterocycles. The van der Waals surface area contributed by atoms with Gasteiger partial charge in [0.15, 0.2) is 9.84 Å². The zero-order valence-corrected chi connectivity index (χ0v) is 11.5. The molecule has 17 heavy (non-hydrogen) atoms. The summed E-state index contributed by atoms with van der Waals surface area (Å²) in [4.78, 5) is -0.103. The van der Waals surface area contributed by atoms with Crippen LogP contribution in [-0.2, 0) is 24.6 Å². The van der Waals surface area contributed by atoms with Crippen molar-refractivity contribution in [3.8, 4) is 0 Å². The number of benzene rings is 1. The normalized spacial score (nSPS) is 12.7. The van der Waals surface area contributed by atoms with Gasteiger partial charge in [0.25, 0.3) is 0 Å². The monoisotopic (exact) mass is 300 g/mol. The zero-order valence-electron chi connectivity index (χ0n) is 9.07. The number of aryl methyl sites for hydroxylation is 1. The fourth-order valence-corrected chi connectivity index (χ4v) is 3.34. The third-order valence-electron chi connectivity index (χ3n) is 2.07. The number of halogens is 2. The van der Waals surface area contributed by atoms with E-state index in [9.17, 15) is 21.2 Å². The molecule has 0 fully saturated rings. The van der Waals surface area contributed by atoms with Crippen molar-refractivity contribution in [1.82, 2.24) is 0 Å². The van der Waals surface area contributed by atoms with Crippen LogP contribution in [0.5, 0.6) is 0 Å². The van der Waals surface area contributed by atoms with E-state index in [0.29, 0.717) is 0 Å². The summed E-state index contributed by atoms with van der Waals surface area (Å²) in [6.45, 7) is 1.43. The van der Waals surface area contributed by atoms with Crippen molar-refractivity contribution in [1.29, 1.82) is 0 Å². The molecule has 8 heteroatoms. The molecule has 0 bridgehead atoms. The molecule has 0 aromatic heterocycles. The number of hydrogen-bond acceptors (Lipinski definition) is 4. The van der Waals surface area contributed by atoms with Gasteiger partial charge in [-0.15, -0.1) is 0 Å². The molecule has 0 unspecified atom stereocenters. The molecule has 4 nitrogen and oxygen atoms in total. The van der Waals surface area contributed by atoms with Gasteiger partial charge in [0.1, 0.15) is 5.82 Å². The van der Waals surface area contributed by atoms with Crippen LogP contribution in [0.1, 0.15) is 11.1 Å². The minimum Gasteiger partial charge on any atom is -0.224 e. The second-order valence-electron chi connectivity index (χ2n) is 3.66. The van der Waals surface area contributed by atoms with Crippen LogP contribution in [0, 0.1) is 12.7 Å². The highest BCUT2D eigenvalue weighted by molar-refractivity contribution is 8.13. The van der Waals surface area contributed by atoms with Crippen molar-refractivity contribution in [2.24, 2.45) is 0 Å². The molecule has 1 aromatic carbocycles. The van der Waals surface area contributed by atoms with Crippen LogP contribution in [-0.4, -0.2) is 23.1 Å². The average molecular weight is 301 g/mol. The summed E-state index contributed by atoms with van der Waals surface area (Å²) in [6, 6.07) is 1.98. The Morgan fingerprint density at radius 3 is 2.18 bits per heavy atom. The van der Waals surface area contributed by atoms with E-state index in [-0.39, 0.29) is 16.0 Å². The molecular weight excluding hydrogens is 291 g/mol. The molecular formula is C9H10ClFO4S2. The molecule has 0 saturated heterocycles. The number of rotatable bonds is 3. The van der Waals surface area contributed by atoms with Crippen LogP contribution < -0.4 is 0 Å². The summed E-state index contributed by atoms with van der Waals surface area (Å²) in [5, 5.41) is 0. The summed E-state index contributed by atoms with van der Waals surface area (Å²) in [7, 11) is -2.47. The van der Waals surface area contributed by atoms with Crippen LogP contribution in [0.3, 0.4) is 0 Å². The first-order valence-corrected chi connectivity index (χ1v) is 8.79. The summed E-state index contributed by atoms with van der Waals surface area (Å²) in [6.07, 6.45) is 0.964. The highest BCUT2D eigenvalue weighted by Gasteiger charge is 2.18. The summed E-state index contributed by atoms with van der Waals surface area (Å²) < 4.78 is 57.9. The van der Waals surface area contributed by atoms with E-state index >= 15 is 0 Å². The van der Waals surface area contributed by atoms with E-state index in [4.69, 9.17) is 10.7 Å². The van der Waals surface area contributed by atoms with Crippen molar-refractivity contribution in [2.75, 3.05) is 6.26 Å². The minimum atomic E-state index is -3.94. The van der Waals surface area contributed by atoms with E-state index in [0.717, 1.165) is 18.4 Å². The Bertz CT molecular complexity index is 650. The highest BCUT2D eigenvalue weighted by Crippen LogP contribution is 2.22. The minimum absolute atomic E-state index is 0.103. The average Bonchev–Trinajstić information content (AvgIpc) is 2.05. The first-order valence-electron chi connectivity index (χ1n) is 4.42. The first-order chi connectivity index (χ1) is 7.50. The maximum absolute atomic E-state index is 13.4. The van der Waals surface area contributed by atoms with Gasteiger partial charge in [-0.1, -0.05) is 0 Å². The molecule has 0 atom stereocenters. The smallest absolute Gasteiger partial charge is 0.224 e. The summed E-state index contributed by atoms with van der Waals surface area (Å²) in [5.41, 5.74) is -0.0354. The Kier molecular flexibility index (Phi) is 3.85. The number of sulfone groups is 1. The van der Waals surface area contributed by atoms with Gasteiger partial charge in [-0.25, -0.2) is 21.2 Å². The topological polar surface area (TPSA) is 68.3 Å². The largest absolute Gasteiger partial charge is 0.236 e. The fourth-order valence-electron chi connectivity index (χ4n) is 1.39. The van der Waals surface area contributed by atoms with Crippen LogP contribution in [0.2, 0.25) is 0 Å². The summed E-state index contributed by atoms with van der Waals surface area (Å²) >= 11 is 0. The Balaban J connectivity index is 3.45. The van der Waals surface area contributed by atoms with Crippen molar-refractivity contribution in [2.45, 2.75) is 17.6 Å². The fraction of sp³-hybridized carbons (Fsp3) is 0.333. The van der Waals surface area contributed by atoms with E-state index in [2.05, 4.69) is 0 Å². The van der Waals surface area contributed by atoms with Gasteiger partial charge in [0.05, 0.1) is 10.6 Å². The van der Waals surface area contributed by atoms with Crippen molar-refractivity contribution < 1.29 is 21.2 Å². The van der Waals surface area contributed by atoms with Crippen LogP contribution in [0.25, 0.3) is 0 Å². The Labute approximate surface area is 104 Å². The third-order valence-corrected chi connectivity index (χ3v) is 4.29. The van der Waals surface area contributed by atoms with E-state index in [1.54, 1.807) is 0 Å². The van der Waals surface area contributed by atoms with Gasteiger partial charge in [0, 0.05) is 22.5 Å². The zero-order chi connectivity index (χ0) is 13.4. The molecule has 0 amide bonds. The lowest BCUT2D eigenvalue weighted by molar-refractivity contribution is 0.590. The third kappa shape index (κ3) is 3.93. The molecule has 1 rings (SSSR count). The van der Waals surface area contributed by atoms with Crippen LogP contribution >= 0.6 is 10.7 Å². The van der Waals surface area contributed by atoms with Gasteiger partial charge in [-0.3, -0.25) is 0 Å². The molecule has 0 saturated carbocycles. The molecule has 0 aliphatic rings. The maximum atomic E-state index is 13.4. The summed E-state index contributed by atoms with van der Waals surface area (Å²) in [5.74, 6) is -1.54. The van der Waals surface area contributed by atoms with Gasteiger partial charge in [-0.2, -0.15) is 0 Å². The highest BCUT2D eigenvalue weighted by atomic mass is 35.7. The van der Waals surface area contributed by atoms with Crippen LogP contribution in [0.4, 0.5) is 4.39 Å². The molecule has 0 spiro atoms. The number of hydrogen-bond donors (Lipinski definition) is 0. The second-order valence-corrected chi connectivity index (χ2v) is 8.43. The lowest BCUT2D eigenvalue weighted by atomic mass is 10.1. The van der Waals surface area contributed by atoms with Gasteiger partial charge >= 0.3 is 0 Å². The molecule has 0 aliphatic carbocycles. The van der Waals surface area contributed by atoms with E-state index in [1.165, 1.54) is 6.92 Å². The lowest BCUT2D eigenvalue weighted by Crippen LogP contribution is -2.05. The van der Waals surface area contributed by atoms with Gasteiger partial charge in [0.2, 0.25) is 9.05 Å². The molecule has 0 radical (unpaired) electrons. The van der Waals surface area contributed by atoms with Gasteiger partial charge in [-0.05, 0) is 24.6 Å². The predicted octanol–water partition coefficient (Wildman–Crippen LogP) is 1.61. The Morgan fingerprint density at radius 2 is 1.76 bits per heavy atom. The lowest BCUT2D eigenvalue weighted by Gasteiger charge is -2.07. The molecule has 0 N–H and O–H groups in total. The van der Waals surface area contributed by atoms with E-state index < -0.39 is 30.5 Å². The van der Waals surface area contributed by atoms with Crippen LogP contribution in [0.15, 0.2) is 17.0 Å². The Hall–Kier alpha value is -0.660. The first kappa shape index (κ1) is 14.4.